The fraction of sp³-hybridized carbons (Fsp3) is 0.579. The number of carbonyl (C=O) groups excluding carboxylic acids is 2. The third-order valence-electron chi connectivity index (χ3n) is 5.04. The maximum Gasteiger partial charge on any atom is 0.256 e. The van der Waals surface area contributed by atoms with Crippen molar-refractivity contribution in [1.82, 2.24) is 10.2 Å². The molecule has 0 unspecified atom stereocenters. The Kier molecular flexibility index (Phi) is 5.37. The summed E-state index contributed by atoms with van der Waals surface area (Å²) in [6.45, 7) is 2.73. The number of hydrogen-bond acceptors (Lipinski definition) is 3. The van der Waals surface area contributed by atoms with E-state index < -0.39 is 17.6 Å². The first kappa shape index (κ1) is 17.9. The molecule has 2 aliphatic rings. The molecule has 2 amide bonds. The van der Waals surface area contributed by atoms with Crippen LogP contribution in [0.4, 0.5) is 4.39 Å². The number of nitrogens with zero attached hydrogens (tertiary/aromatic N) is 1. The second kappa shape index (κ2) is 7.52. The molecule has 1 atom stereocenters. The van der Waals surface area contributed by atoms with E-state index in [1.807, 2.05) is 6.92 Å². The fourth-order valence-electron chi connectivity index (χ4n) is 3.80. The molecule has 1 spiro atoms. The average Bonchev–Trinajstić information content (AvgIpc) is 2.98. The molecule has 1 aliphatic heterocycles. The van der Waals surface area contributed by atoms with Crippen molar-refractivity contribution in [2.75, 3.05) is 13.2 Å². The van der Waals surface area contributed by atoms with Crippen LogP contribution >= 0.6 is 0 Å². The molecular formula is C19H25FN2O3. The van der Waals surface area contributed by atoms with Gasteiger partial charge >= 0.3 is 0 Å². The summed E-state index contributed by atoms with van der Waals surface area (Å²) in [4.78, 5) is 27.3. The van der Waals surface area contributed by atoms with Gasteiger partial charge in [0.05, 0.1) is 6.61 Å². The van der Waals surface area contributed by atoms with Crippen LogP contribution in [0.5, 0.6) is 0 Å². The molecule has 0 aromatic heterocycles. The number of amides is 2. The second-order valence-electron chi connectivity index (χ2n) is 6.81. The van der Waals surface area contributed by atoms with Crippen LogP contribution in [-0.4, -0.2) is 41.6 Å². The number of hydrogen-bond donors (Lipinski definition) is 1. The van der Waals surface area contributed by atoms with Gasteiger partial charge < -0.3 is 10.1 Å². The second-order valence-corrected chi connectivity index (χ2v) is 6.81. The molecule has 0 bridgehead atoms. The smallest absolute Gasteiger partial charge is 0.256 e. The lowest BCUT2D eigenvalue weighted by atomic mass is 9.89. The van der Waals surface area contributed by atoms with E-state index in [0.717, 1.165) is 25.7 Å². The molecule has 1 aromatic rings. The van der Waals surface area contributed by atoms with Crippen LogP contribution in [-0.2, 0) is 9.53 Å². The molecule has 1 N–H and O–H groups in total. The molecule has 136 valence electrons. The summed E-state index contributed by atoms with van der Waals surface area (Å²) in [7, 11) is 0. The molecule has 25 heavy (non-hydrogen) atoms. The highest BCUT2D eigenvalue weighted by Crippen LogP contribution is 2.41. The summed E-state index contributed by atoms with van der Waals surface area (Å²) >= 11 is 0. The Morgan fingerprint density at radius 2 is 2.08 bits per heavy atom. The van der Waals surface area contributed by atoms with Crippen molar-refractivity contribution in [2.45, 2.75) is 57.2 Å². The molecule has 1 saturated carbocycles. The van der Waals surface area contributed by atoms with Crippen LogP contribution in [0.15, 0.2) is 24.3 Å². The molecule has 0 radical (unpaired) electrons. The first-order valence-corrected chi connectivity index (χ1v) is 9.08. The number of nitrogens with one attached hydrogen (secondary N) is 1. The molecule has 6 heteroatoms. The van der Waals surface area contributed by atoms with E-state index >= 15 is 0 Å². The zero-order valence-corrected chi connectivity index (χ0v) is 14.6. The average molecular weight is 348 g/mol. The van der Waals surface area contributed by atoms with Gasteiger partial charge in [-0.05, 0) is 50.3 Å². The zero-order chi connectivity index (χ0) is 17.9. The lowest BCUT2D eigenvalue weighted by molar-refractivity contribution is -0.127. The number of carbonyl (C=O) groups is 2. The highest BCUT2D eigenvalue weighted by Gasteiger charge is 2.52. The van der Waals surface area contributed by atoms with E-state index in [1.54, 1.807) is 11.0 Å². The third kappa shape index (κ3) is 3.54. The van der Waals surface area contributed by atoms with E-state index in [0.29, 0.717) is 19.4 Å². The summed E-state index contributed by atoms with van der Waals surface area (Å²) in [5, 5.41) is 2.86. The summed E-state index contributed by atoms with van der Waals surface area (Å²) < 4.78 is 19.6. The van der Waals surface area contributed by atoms with Crippen molar-refractivity contribution in [3.8, 4) is 0 Å². The standard InChI is InChI=1S/C19H25FN2O3/c1-2-11-21-17(23)16-13-25-19(9-4-3-5-10-19)22(16)18(24)14-7-6-8-15(20)12-14/h6-8,12,16H,2-5,9-11,13H2,1H3,(H,21,23)/t16-/m0/s1. The summed E-state index contributed by atoms with van der Waals surface area (Å²) in [5.74, 6) is -1.000. The van der Waals surface area contributed by atoms with Gasteiger partial charge in [-0.1, -0.05) is 19.4 Å². The Balaban J connectivity index is 1.91. The number of rotatable bonds is 4. The van der Waals surface area contributed by atoms with Crippen LogP contribution in [0.2, 0.25) is 0 Å². The molecule has 2 fully saturated rings. The number of halogens is 1. The van der Waals surface area contributed by atoms with Gasteiger partial charge in [-0.25, -0.2) is 4.39 Å². The predicted octanol–water partition coefficient (Wildman–Crippen LogP) is 2.85. The Morgan fingerprint density at radius 3 is 2.76 bits per heavy atom. The van der Waals surface area contributed by atoms with E-state index in [-0.39, 0.29) is 24.0 Å². The zero-order valence-electron chi connectivity index (χ0n) is 14.6. The van der Waals surface area contributed by atoms with Gasteiger partial charge in [0.2, 0.25) is 5.91 Å². The minimum atomic E-state index is -0.740. The molecule has 1 aliphatic carbocycles. The van der Waals surface area contributed by atoms with Crippen LogP contribution < -0.4 is 5.32 Å². The summed E-state index contributed by atoms with van der Waals surface area (Å²) in [6.07, 6.45) is 5.26. The van der Waals surface area contributed by atoms with Crippen molar-refractivity contribution in [2.24, 2.45) is 0 Å². The van der Waals surface area contributed by atoms with E-state index in [4.69, 9.17) is 4.74 Å². The highest BCUT2D eigenvalue weighted by atomic mass is 19.1. The lowest BCUT2D eigenvalue weighted by Gasteiger charge is -2.41. The van der Waals surface area contributed by atoms with Gasteiger partial charge in [0.15, 0.2) is 0 Å². The molecule has 3 rings (SSSR count). The topological polar surface area (TPSA) is 58.6 Å². The number of ether oxygens (including phenoxy) is 1. The summed E-state index contributed by atoms with van der Waals surface area (Å²) in [6, 6.07) is 4.96. The first-order chi connectivity index (χ1) is 12.1. The van der Waals surface area contributed by atoms with Crippen molar-refractivity contribution in [3.05, 3.63) is 35.6 Å². The van der Waals surface area contributed by atoms with Crippen molar-refractivity contribution in [3.63, 3.8) is 0 Å². The monoisotopic (exact) mass is 348 g/mol. The maximum absolute atomic E-state index is 13.6. The molecular weight excluding hydrogens is 323 g/mol. The minimum absolute atomic E-state index is 0.191. The third-order valence-corrected chi connectivity index (χ3v) is 5.04. The van der Waals surface area contributed by atoms with Crippen LogP contribution in [0.25, 0.3) is 0 Å². The molecule has 1 heterocycles. The van der Waals surface area contributed by atoms with Crippen LogP contribution in [0, 0.1) is 5.82 Å². The van der Waals surface area contributed by atoms with Crippen LogP contribution in [0.3, 0.4) is 0 Å². The summed E-state index contributed by atoms with van der Waals surface area (Å²) in [5.41, 5.74) is -0.487. The van der Waals surface area contributed by atoms with Gasteiger partial charge in [0, 0.05) is 12.1 Å². The Bertz CT molecular complexity index is 643. The van der Waals surface area contributed by atoms with Gasteiger partial charge in [0.1, 0.15) is 17.6 Å². The Labute approximate surface area is 147 Å². The normalized spacial score (nSPS) is 22.2. The van der Waals surface area contributed by atoms with E-state index in [1.165, 1.54) is 18.2 Å². The molecule has 1 aromatic carbocycles. The van der Waals surface area contributed by atoms with Gasteiger partial charge in [0.25, 0.3) is 5.91 Å². The highest BCUT2D eigenvalue weighted by molar-refractivity contribution is 5.98. The lowest BCUT2D eigenvalue weighted by Crippen LogP contribution is -2.56. The van der Waals surface area contributed by atoms with E-state index in [2.05, 4.69) is 5.32 Å². The van der Waals surface area contributed by atoms with E-state index in [9.17, 15) is 14.0 Å². The number of benzene rings is 1. The van der Waals surface area contributed by atoms with Gasteiger partial charge in [-0.15, -0.1) is 0 Å². The largest absolute Gasteiger partial charge is 0.354 e. The molecule has 1 saturated heterocycles. The Hall–Kier alpha value is -1.95. The van der Waals surface area contributed by atoms with Crippen molar-refractivity contribution >= 4 is 11.8 Å². The van der Waals surface area contributed by atoms with Crippen molar-refractivity contribution < 1.29 is 18.7 Å². The predicted molar refractivity (Wildman–Crippen MR) is 91.4 cm³/mol. The van der Waals surface area contributed by atoms with Crippen LogP contribution in [0.1, 0.15) is 55.8 Å². The minimum Gasteiger partial charge on any atom is -0.354 e. The van der Waals surface area contributed by atoms with Crippen molar-refractivity contribution in [1.29, 1.82) is 0 Å². The molecule has 5 nitrogen and oxygen atoms in total. The van der Waals surface area contributed by atoms with Gasteiger partial charge in [-0.3, -0.25) is 14.5 Å². The fourth-order valence-corrected chi connectivity index (χ4v) is 3.80. The maximum atomic E-state index is 13.6. The Morgan fingerprint density at radius 1 is 1.32 bits per heavy atom. The SMILES string of the molecule is CCCNC(=O)[C@@H]1COC2(CCCCC2)N1C(=O)c1cccc(F)c1. The quantitative estimate of drug-likeness (QED) is 0.910. The van der Waals surface area contributed by atoms with Gasteiger partial charge in [-0.2, -0.15) is 0 Å². The first-order valence-electron chi connectivity index (χ1n) is 9.08.